The summed E-state index contributed by atoms with van der Waals surface area (Å²) in [6.07, 6.45) is 4.56. The van der Waals surface area contributed by atoms with Gasteiger partial charge in [0, 0.05) is 36.8 Å². The molecule has 33 heavy (non-hydrogen) atoms. The molecule has 0 bridgehead atoms. The molecule has 2 amide bonds. The molecule has 174 valence electrons. The predicted molar refractivity (Wildman–Crippen MR) is 124 cm³/mol. The van der Waals surface area contributed by atoms with Crippen LogP contribution in [-0.2, 0) is 9.59 Å². The maximum Gasteiger partial charge on any atom is 0.246 e. The number of methoxy groups -OCH3 is 1. The van der Waals surface area contributed by atoms with Crippen molar-refractivity contribution in [1.29, 1.82) is 0 Å². The fraction of sp³-hybridized carbons (Fsp3) is 0.360. The first-order valence-corrected chi connectivity index (χ1v) is 11.1. The van der Waals surface area contributed by atoms with Gasteiger partial charge in [-0.25, -0.2) is 0 Å². The number of benzene rings is 2. The maximum absolute atomic E-state index is 12.7. The lowest BCUT2D eigenvalue weighted by Crippen LogP contribution is -2.40. The second-order valence-electron chi connectivity index (χ2n) is 7.83. The summed E-state index contributed by atoms with van der Waals surface area (Å²) in [6, 6.07) is 10.9. The van der Waals surface area contributed by atoms with Crippen molar-refractivity contribution < 1.29 is 28.5 Å². The van der Waals surface area contributed by atoms with Crippen molar-refractivity contribution in [2.24, 2.45) is 5.92 Å². The molecule has 2 aliphatic rings. The van der Waals surface area contributed by atoms with Crippen LogP contribution in [0.3, 0.4) is 0 Å². The molecular weight excluding hydrogens is 424 g/mol. The average molecular weight is 453 g/mol. The van der Waals surface area contributed by atoms with Crippen molar-refractivity contribution in [3.8, 4) is 23.0 Å². The number of fused-ring (bicyclic) bond motifs is 1. The molecular formula is C25H28N2O6. The highest BCUT2D eigenvalue weighted by molar-refractivity contribution is 5.94. The van der Waals surface area contributed by atoms with E-state index in [1.807, 2.05) is 25.1 Å². The van der Waals surface area contributed by atoms with E-state index >= 15 is 0 Å². The Bertz CT molecular complexity index is 1040. The Morgan fingerprint density at radius 2 is 1.88 bits per heavy atom. The number of nitrogens with one attached hydrogen (secondary N) is 1. The number of nitrogens with zero attached hydrogens (tertiary/aromatic N) is 1. The molecule has 0 unspecified atom stereocenters. The minimum atomic E-state index is -0.140. The van der Waals surface area contributed by atoms with E-state index in [0.717, 1.165) is 5.56 Å². The van der Waals surface area contributed by atoms with Gasteiger partial charge in [0.25, 0.3) is 0 Å². The molecule has 0 saturated carbocycles. The van der Waals surface area contributed by atoms with Crippen molar-refractivity contribution in [1.82, 2.24) is 4.90 Å². The van der Waals surface area contributed by atoms with Gasteiger partial charge in [-0.05, 0) is 55.7 Å². The lowest BCUT2D eigenvalue weighted by Gasteiger charge is -2.30. The summed E-state index contributed by atoms with van der Waals surface area (Å²) in [5.41, 5.74) is 1.53. The standard InChI is InChI=1S/C25H28N2O6/c1-3-31-22-14-17(4-7-20(22)30-2)5-9-24(28)27-12-10-18(11-13-27)25(29)26-19-6-8-21-23(15-19)33-16-32-21/h4-9,14-15,18H,3,10-13,16H2,1-2H3,(H,26,29)/b9-5+. The third kappa shape index (κ3) is 5.39. The summed E-state index contributed by atoms with van der Waals surface area (Å²) in [4.78, 5) is 27.1. The van der Waals surface area contributed by atoms with Crippen LogP contribution >= 0.6 is 0 Å². The van der Waals surface area contributed by atoms with E-state index in [1.54, 1.807) is 42.4 Å². The van der Waals surface area contributed by atoms with Crippen LogP contribution < -0.4 is 24.3 Å². The fourth-order valence-electron chi connectivity index (χ4n) is 3.92. The number of piperidine rings is 1. The summed E-state index contributed by atoms with van der Waals surface area (Å²) < 4.78 is 21.5. The number of hydrogen-bond donors (Lipinski definition) is 1. The summed E-state index contributed by atoms with van der Waals surface area (Å²) in [7, 11) is 1.59. The molecule has 8 nitrogen and oxygen atoms in total. The van der Waals surface area contributed by atoms with Gasteiger partial charge in [0.1, 0.15) is 0 Å². The molecule has 0 aliphatic carbocycles. The summed E-state index contributed by atoms with van der Waals surface area (Å²) in [6.45, 7) is 3.70. The number of rotatable bonds is 7. The molecule has 2 heterocycles. The van der Waals surface area contributed by atoms with Gasteiger partial charge < -0.3 is 29.2 Å². The highest BCUT2D eigenvalue weighted by Crippen LogP contribution is 2.34. The van der Waals surface area contributed by atoms with Crippen molar-refractivity contribution in [2.75, 3.05) is 38.9 Å². The van der Waals surface area contributed by atoms with Crippen LogP contribution in [0.25, 0.3) is 6.08 Å². The van der Waals surface area contributed by atoms with Crippen molar-refractivity contribution >= 4 is 23.6 Å². The number of anilines is 1. The van der Waals surface area contributed by atoms with Gasteiger partial charge in [-0.3, -0.25) is 9.59 Å². The first-order valence-electron chi connectivity index (χ1n) is 11.1. The Kier molecular flexibility index (Phi) is 7.02. The molecule has 1 N–H and O–H groups in total. The fourth-order valence-corrected chi connectivity index (χ4v) is 3.92. The maximum atomic E-state index is 12.7. The van der Waals surface area contributed by atoms with Crippen molar-refractivity contribution in [3.05, 3.63) is 48.0 Å². The van der Waals surface area contributed by atoms with Gasteiger partial charge in [0.05, 0.1) is 13.7 Å². The van der Waals surface area contributed by atoms with Crippen LogP contribution in [0.5, 0.6) is 23.0 Å². The van der Waals surface area contributed by atoms with Crippen LogP contribution in [0.1, 0.15) is 25.3 Å². The molecule has 2 aromatic carbocycles. The Hall–Kier alpha value is -3.68. The minimum absolute atomic E-state index is 0.0433. The highest BCUT2D eigenvalue weighted by atomic mass is 16.7. The lowest BCUT2D eigenvalue weighted by atomic mass is 9.95. The smallest absolute Gasteiger partial charge is 0.246 e. The molecule has 0 aromatic heterocycles. The molecule has 1 saturated heterocycles. The van der Waals surface area contributed by atoms with E-state index in [2.05, 4.69) is 5.32 Å². The zero-order chi connectivity index (χ0) is 23.2. The zero-order valence-corrected chi connectivity index (χ0v) is 18.8. The Morgan fingerprint density at radius 3 is 2.64 bits per heavy atom. The van der Waals surface area contributed by atoms with Crippen LogP contribution in [0, 0.1) is 5.92 Å². The number of amides is 2. The third-order valence-corrected chi connectivity index (χ3v) is 5.72. The number of carbonyl (C=O) groups excluding carboxylic acids is 2. The lowest BCUT2D eigenvalue weighted by molar-refractivity contribution is -0.130. The van der Waals surface area contributed by atoms with Gasteiger partial charge >= 0.3 is 0 Å². The first kappa shape index (κ1) is 22.5. The van der Waals surface area contributed by atoms with E-state index in [9.17, 15) is 9.59 Å². The van der Waals surface area contributed by atoms with Gasteiger partial charge in [-0.1, -0.05) is 6.07 Å². The molecule has 8 heteroatoms. The number of hydrogen-bond acceptors (Lipinski definition) is 6. The zero-order valence-electron chi connectivity index (χ0n) is 18.8. The number of ether oxygens (including phenoxy) is 4. The minimum Gasteiger partial charge on any atom is -0.493 e. The van der Waals surface area contributed by atoms with Gasteiger partial charge in [0.15, 0.2) is 23.0 Å². The van der Waals surface area contributed by atoms with E-state index in [1.165, 1.54) is 0 Å². The van der Waals surface area contributed by atoms with E-state index in [4.69, 9.17) is 18.9 Å². The summed E-state index contributed by atoms with van der Waals surface area (Å²) in [5, 5.41) is 2.94. The molecule has 0 spiro atoms. The third-order valence-electron chi connectivity index (χ3n) is 5.72. The average Bonchev–Trinajstić information content (AvgIpc) is 3.31. The molecule has 0 atom stereocenters. The summed E-state index contributed by atoms with van der Waals surface area (Å²) in [5.74, 6) is 2.35. The molecule has 2 aliphatic heterocycles. The normalized spacial score (nSPS) is 15.5. The van der Waals surface area contributed by atoms with Crippen molar-refractivity contribution in [3.63, 3.8) is 0 Å². The molecule has 0 radical (unpaired) electrons. The van der Waals surface area contributed by atoms with Crippen LogP contribution in [0.4, 0.5) is 5.69 Å². The van der Waals surface area contributed by atoms with Crippen LogP contribution in [-0.4, -0.2) is 50.3 Å². The molecule has 1 fully saturated rings. The Balaban J connectivity index is 1.29. The highest BCUT2D eigenvalue weighted by Gasteiger charge is 2.27. The second-order valence-corrected chi connectivity index (χ2v) is 7.83. The number of likely N-dealkylation sites (tertiary alicyclic amines) is 1. The summed E-state index contributed by atoms with van der Waals surface area (Å²) >= 11 is 0. The van der Waals surface area contributed by atoms with Gasteiger partial charge in [-0.2, -0.15) is 0 Å². The Labute approximate surface area is 193 Å². The monoisotopic (exact) mass is 452 g/mol. The quantitative estimate of drug-likeness (QED) is 0.645. The van der Waals surface area contributed by atoms with E-state index in [0.29, 0.717) is 61.2 Å². The second kappa shape index (κ2) is 10.3. The molecule has 4 rings (SSSR count). The van der Waals surface area contributed by atoms with Crippen LogP contribution in [0.15, 0.2) is 42.5 Å². The van der Waals surface area contributed by atoms with E-state index < -0.39 is 0 Å². The SMILES string of the molecule is CCOc1cc(/C=C/C(=O)N2CCC(C(=O)Nc3ccc4c(c3)OCO4)CC2)ccc1OC. The van der Waals surface area contributed by atoms with Gasteiger partial charge in [0.2, 0.25) is 18.6 Å². The Morgan fingerprint density at radius 1 is 1.09 bits per heavy atom. The first-order chi connectivity index (χ1) is 16.1. The molecule has 2 aromatic rings. The topological polar surface area (TPSA) is 86.3 Å². The van der Waals surface area contributed by atoms with E-state index in [-0.39, 0.29) is 24.5 Å². The number of carbonyl (C=O) groups is 2. The largest absolute Gasteiger partial charge is 0.493 e. The van der Waals surface area contributed by atoms with Crippen LogP contribution in [0.2, 0.25) is 0 Å². The van der Waals surface area contributed by atoms with Crippen molar-refractivity contribution in [2.45, 2.75) is 19.8 Å². The predicted octanol–water partition coefficient (Wildman–Crippen LogP) is 3.71. The van der Waals surface area contributed by atoms with Gasteiger partial charge in [-0.15, -0.1) is 0 Å².